The Balaban J connectivity index is 1.38. The van der Waals surface area contributed by atoms with Crippen LogP contribution in [0.4, 0.5) is 11.5 Å². The lowest BCUT2D eigenvalue weighted by atomic mass is 10.1. The van der Waals surface area contributed by atoms with Gasteiger partial charge < -0.3 is 19.4 Å². The third-order valence-electron chi connectivity index (χ3n) is 6.12. The maximum absolute atomic E-state index is 13.0. The number of carbonyl (C=O) groups excluding carboxylic acids is 1. The number of nitrogens with zero attached hydrogens (tertiary/aromatic N) is 4. The number of carbonyl (C=O) groups is 1. The molecule has 30 heavy (non-hydrogen) atoms. The molecular formula is C24H26N4O2. The minimum atomic E-state index is 0.123. The standard InChI is InChI=1S/C24H26N4O2/c1-30-19-9-7-18(8-10-19)26-13-15-27(16-14-26)23-17-21(24(29)28-11-4-12-28)20-5-2-3-6-22(20)25-23/h2-3,5-10,17H,4,11-16H2,1H3. The first-order chi connectivity index (χ1) is 14.7. The van der Waals surface area contributed by atoms with Crippen LogP contribution in [0.15, 0.2) is 54.6 Å². The topological polar surface area (TPSA) is 48.9 Å². The van der Waals surface area contributed by atoms with Gasteiger partial charge in [-0.2, -0.15) is 0 Å². The fourth-order valence-electron chi connectivity index (χ4n) is 4.18. The maximum Gasteiger partial charge on any atom is 0.254 e. The molecule has 0 N–H and O–H groups in total. The van der Waals surface area contributed by atoms with E-state index in [1.807, 2.05) is 47.4 Å². The second kappa shape index (κ2) is 7.86. The summed E-state index contributed by atoms with van der Waals surface area (Å²) in [4.78, 5) is 24.5. The minimum Gasteiger partial charge on any atom is -0.497 e. The molecule has 2 aliphatic rings. The first-order valence-corrected chi connectivity index (χ1v) is 10.6. The predicted molar refractivity (Wildman–Crippen MR) is 120 cm³/mol. The zero-order valence-corrected chi connectivity index (χ0v) is 17.3. The van der Waals surface area contributed by atoms with Gasteiger partial charge in [0.05, 0.1) is 18.2 Å². The molecule has 1 aromatic heterocycles. The van der Waals surface area contributed by atoms with Gasteiger partial charge in [-0.25, -0.2) is 4.98 Å². The monoisotopic (exact) mass is 402 g/mol. The molecule has 2 aromatic carbocycles. The average molecular weight is 402 g/mol. The second-order valence-corrected chi connectivity index (χ2v) is 7.86. The van der Waals surface area contributed by atoms with Gasteiger partial charge in [0.15, 0.2) is 0 Å². The zero-order valence-electron chi connectivity index (χ0n) is 17.3. The highest BCUT2D eigenvalue weighted by Crippen LogP contribution is 2.27. The van der Waals surface area contributed by atoms with Crippen molar-refractivity contribution in [1.29, 1.82) is 0 Å². The fourth-order valence-corrected chi connectivity index (χ4v) is 4.18. The second-order valence-electron chi connectivity index (χ2n) is 7.86. The van der Waals surface area contributed by atoms with E-state index in [1.54, 1.807) is 7.11 Å². The smallest absolute Gasteiger partial charge is 0.254 e. The van der Waals surface area contributed by atoms with Gasteiger partial charge in [0.2, 0.25) is 0 Å². The number of likely N-dealkylation sites (tertiary alicyclic amines) is 1. The van der Waals surface area contributed by atoms with E-state index in [2.05, 4.69) is 21.9 Å². The van der Waals surface area contributed by atoms with Crippen LogP contribution in [-0.2, 0) is 0 Å². The fraction of sp³-hybridized carbons (Fsp3) is 0.333. The molecule has 3 aromatic rings. The first-order valence-electron chi connectivity index (χ1n) is 10.6. The van der Waals surface area contributed by atoms with Gasteiger partial charge in [-0.1, -0.05) is 18.2 Å². The van der Waals surface area contributed by atoms with Crippen LogP contribution in [0.1, 0.15) is 16.8 Å². The first kappa shape index (κ1) is 18.7. The Morgan fingerprint density at radius 3 is 2.27 bits per heavy atom. The lowest BCUT2D eigenvalue weighted by Gasteiger charge is -2.37. The summed E-state index contributed by atoms with van der Waals surface area (Å²) in [5.74, 6) is 1.89. The molecule has 0 saturated carbocycles. The molecule has 0 unspecified atom stereocenters. The largest absolute Gasteiger partial charge is 0.497 e. The molecule has 2 aliphatic heterocycles. The minimum absolute atomic E-state index is 0.123. The summed E-state index contributed by atoms with van der Waals surface area (Å²) >= 11 is 0. The molecule has 1 amide bonds. The van der Waals surface area contributed by atoms with Gasteiger partial charge in [-0.15, -0.1) is 0 Å². The van der Waals surface area contributed by atoms with E-state index in [1.165, 1.54) is 5.69 Å². The number of hydrogen-bond acceptors (Lipinski definition) is 5. The Morgan fingerprint density at radius 1 is 0.900 bits per heavy atom. The number of methoxy groups -OCH3 is 1. The van der Waals surface area contributed by atoms with Crippen molar-refractivity contribution in [1.82, 2.24) is 9.88 Å². The lowest BCUT2D eigenvalue weighted by Crippen LogP contribution is -2.47. The number of anilines is 2. The van der Waals surface area contributed by atoms with Crippen molar-refractivity contribution in [2.24, 2.45) is 0 Å². The van der Waals surface area contributed by atoms with Gasteiger partial charge in [-0.3, -0.25) is 4.79 Å². The van der Waals surface area contributed by atoms with Crippen LogP contribution in [0, 0.1) is 0 Å². The Kier molecular flexibility index (Phi) is 4.91. The van der Waals surface area contributed by atoms with Gasteiger partial charge in [0.25, 0.3) is 5.91 Å². The number of ether oxygens (including phenoxy) is 1. The molecule has 0 atom stereocenters. The van der Waals surface area contributed by atoms with Gasteiger partial charge in [0.1, 0.15) is 11.6 Å². The third kappa shape index (κ3) is 3.43. The van der Waals surface area contributed by atoms with E-state index in [0.29, 0.717) is 0 Å². The van der Waals surface area contributed by atoms with E-state index in [0.717, 1.165) is 73.7 Å². The maximum atomic E-state index is 13.0. The highest BCUT2D eigenvalue weighted by molar-refractivity contribution is 6.07. The van der Waals surface area contributed by atoms with Crippen molar-refractivity contribution in [2.45, 2.75) is 6.42 Å². The average Bonchev–Trinajstić information content (AvgIpc) is 2.77. The molecule has 0 spiro atoms. The number of piperazine rings is 1. The molecule has 0 aliphatic carbocycles. The van der Waals surface area contributed by atoms with Crippen LogP contribution < -0.4 is 14.5 Å². The van der Waals surface area contributed by atoms with Gasteiger partial charge in [-0.05, 0) is 42.8 Å². The van der Waals surface area contributed by atoms with E-state index < -0.39 is 0 Å². The molecule has 2 saturated heterocycles. The summed E-state index contributed by atoms with van der Waals surface area (Å²) in [6, 6.07) is 18.2. The number of benzene rings is 2. The van der Waals surface area contributed by atoms with Crippen LogP contribution in [-0.4, -0.2) is 62.2 Å². The van der Waals surface area contributed by atoms with Crippen LogP contribution in [0.5, 0.6) is 5.75 Å². The summed E-state index contributed by atoms with van der Waals surface area (Å²) in [6.45, 7) is 5.27. The van der Waals surface area contributed by atoms with E-state index in [9.17, 15) is 4.79 Å². The molecule has 6 nitrogen and oxygen atoms in total. The summed E-state index contributed by atoms with van der Waals surface area (Å²) < 4.78 is 5.26. The molecule has 6 heteroatoms. The van der Waals surface area contributed by atoms with Gasteiger partial charge >= 0.3 is 0 Å². The SMILES string of the molecule is COc1ccc(N2CCN(c3cc(C(=O)N4CCC4)c4ccccc4n3)CC2)cc1. The quantitative estimate of drug-likeness (QED) is 0.669. The van der Waals surface area contributed by atoms with E-state index in [-0.39, 0.29) is 5.91 Å². The summed E-state index contributed by atoms with van der Waals surface area (Å²) in [5, 5.41) is 0.940. The van der Waals surface area contributed by atoms with Crippen molar-refractivity contribution in [3.05, 3.63) is 60.2 Å². The number of pyridine rings is 1. The predicted octanol–water partition coefficient (Wildman–Crippen LogP) is 3.42. The van der Waals surface area contributed by atoms with Gasteiger partial charge in [0, 0.05) is 50.3 Å². The van der Waals surface area contributed by atoms with Crippen LogP contribution in [0.2, 0.25) is 0 Å². The Morgan fingerprint density at radius 2 is 1.60 bits per heavy atom. The molecule has 0 bridgehead atoms. The van der Waals surface area contributed by atoms with Crippen molar-refractivity contribution < 1.29 is 9.53 Å². The number of fused-ring (bicyclic) bond motifs is 1. The van der Waals surface area contributed by atoms with Crippen molar-refractivity contribution in [2.75, 3.05) is 56.2 Å². The molecule has 154 valence electrons. The Labute approximate surface area is 176 Å². The highest BCUT2D eigenvalue weighted by atomic mass is 16.5. The number of hydrogen-bond donors (Lipinski definition) is 0. The zero-order chi connectivity index (χ0) is 20.5. The molecule has 0 radical (unpaired) electrons. The van der Waals surface area contributed by atoms with Crippen molar-refractivity contribution in [3.63, 3.8) is 0 Å². The van der Waals surface area contributed by atoms with Crippen molar-refractivity contribution >= 4 is 28.3 Å². The highest BCUT2D eigenvalue weighted by Gasteiger charge is 2.26. The number of aromatic nitrogens is 1. The van der Waals surface area contributed by atoms with Crippen LogP contribution in [0.3, 0.4) is 0 Å². The molecule has 3 heterocycles. The Bertz CT molecular complexity index is 1050. The van der Waals surface area contributed by atoms with Crippen molar-refractivity contribution in [3.8, 4) is 5.75 Å². The summed E-state index contributed by atoms with van der Waals surface area (Å²) in [6.07, 6.45) is 1.09. The number of amides is 1. The van der Waals surface area contributed by atoms with E-state index >= 15 is 0 Å². The lowest BCUT2D eigenvalue weighted by molar-refractivity contribution is 0.0654. The van der Waals surface area contributed by atoms with E-state index in [4.69, 9.17) is 9.72 Å². The summed E-state index contributed by atoms with van der Waals surface area (Å²) in [7, 11) is 1.69. The normalized spacial score (nSPS) is 16.5. The molecular weight excluding hydrogens is 376 g/mol. The molecule has 2 fully saturated rings. The Hall–Kier alpha value is -3.28. The van der Waals surface area contributed by atoms with Crippen LogP contribution in [0.25, 0.3) is 10.9 Å². The van der Waals surface area contributed by atoms with Crippen LogP contribution >= 0.6 is 0 Å². The third-order valence-corrected chi connectivity index (χ3v) is 6.12. The number of para-hydroxylation sites is 1. The number of rotatable bonds is 4. The summed E-state index contributed by atoms with van der Waals surface area (Å²) in [5.41, 5.74) is 2.86. The molecule has 5 rings (SSSR count).